The number of aryl methyl sites for hydroxylation is 1. The van der Waals surface area contributed by atoms with Crippen molar-refractivity contribution in [1.29, 1.82) is 0 Å². The molecule has 0 bridgehead atoms. The molecule has 0 radical (unpaired) electrons. The van der Waals surface area contributed by atoms with Gasteiger partial charge in [0.15, 0.2) is 0 Å². The summed E-state index contributed by atoms with van der Waals surface area (Å²) in [5.41, 5.74) is 4.27. The van der Waals surface area contributed by atoms with E-state index < -0.39 is 0 Å². The molecule has 0 fully saturated rings. The normalized spacial score (nSPS) is 10.7. The highest BCUT2D eigenvalue weighted by Gasteiger charge is 2.10. The van der Waals surface area contributed by atoms with Gasteiger partial charge >= 0.3 is 0 Å². The minimum Gasteiger partial charge on any atom is -0.130 e. The third-order valence-electron chi connectivity index (χ3n) is 3.04. The first-order valence-corrected chi connectivity index (χ1v) is 7.41. The summed E-state index contributed by atoms with van der Waals surface area (Å²) in [6, 6.07) is 16.0. The molecule has 5 heteroatoms. The summed E-state index contributed by atoms with van der Waals surface area (Å²) in [7, 11) is 0. The van der Waals surface area contributed by atoms with Crippen LogP contribution in [0.2, 0.25) is 0 Å². The maximum absolute atomic E-state index is 4.46. The molecular weight excluding hydrogens is 316 g/mol. The number of alkyl halides is 1. The van der Waals surface area contributed by atoms with E-state index in [2.05, 4.69) is 44.3 Å². The van der Waals surface area contributed by atoms with Crippen LogP contribution in [0.4, 0.5) is 0 Å². The van der Waals surface area contributed by atoms with Crippen molar-refractivity contribution in [3.8, 4) is 17.1 Å². The first kappa shape index (κ1) is 13.0. The highest BCUT2D eigenvalue weighted by atomic mass is 79.9. The average molecular weight is 329 g/mol. The molecule has 0 N–H and O–H groups in total. The number of halogens is 1. The van der Waals surface area contributed by atoms with Crippen LogP contribution in [0.3, 0.4) is 0 Å². The molecule has 0 unspecified atom stereocenters. The van der Waals surface area contributed by atoms with Crippen LogP contribution in [-0.4, -0.2) is 20.2 Å². The van der Waals surface area contributed by atoms with Crippen LogP contribution in [0.15, 0.2) is 48.5 Å². The van der Waals surface area contributed by atoms with E-state index >= 15 is 0 Å². The molecule has 0 aliphatic heterocycles. The lowest BCUT2D eigenvalue weighted by molar-refractivity contribution is 0.715. The van der Waals surface area contributed by atoms with Gasteiger partial charge in [0.1, 0.15) is 0 Å². The fraction of sp³-hybridized carbons (Fsp3) is 0.133. The van der Waals surface area contributed by atoms with Crippen molar-refractivity contribution in [2.75, 3.05) is 0 Å². The first-order chi connectivity index (χ1) is 9.78. The molecule has 3 rings (SSSR count). The molecule has 0 atom stereocenters. The van der Waals surface area contributed by atoms with E-state index in [1.54, 1.807) is 4.80 Å². The zero-order chi connectivity index (χ0) is 13.9. The van der Waals surface area contributed by atoms with Crippen molar-refractivity contribution in [2.45, 2.75) is 12.3 Å². The molecule has 1 heterocycles. The predicted octanol–water partition coefficient (Wildman–Crippen LogP) is 3.53. The largest absolute Gasteiger partial charge is 0.205 e. The van der Waals surface area contributed by atoms with Crippen LogP contribution in [0, 0.1) is 6.92 Å². The fourth-order valence-corrected chi connectivity index (χ4v) is 2.48. The van der Waals surface area contributed by atoms with Crippen LogP contribution in [-0.2, 0) is 5.33 Å². The minimum absolute atomic E-state index is 0.631. The second-order valence-electron chi connectivity index (χ2n) is 4.53. The van der Waals surface area contributed by atoms with Crippen LogP contribution in [0.25, 0.3) is 17.1 Å². The van der Waals surface area contributed by atoms with Gasteiger partial charge in [0.25, 0.3) is 0 Å². The Morgan fingerprint density at radius 2 is 1.90 bits per heavy atom. The molecule has 0 saturated heterocycles. The van der Waals surface area contributed by atoms with Crippen molar-refractivity contribution in [2.24, 2.45) is 0 Å². The summed E-state index contributed by atoms with van der Waals surface area (Å²) >= 11 is 3.50. The lowest BCUT2D eigenvalue weighted by Crippen LogP contribution is -2.03. The topological polar surface area (TPSA) is 43.6 Å². The predicted molar refractivity (Wildman–Crippen MR) is 82.0 cm³/mol. The van der Waals surface area contributed by atoms with Gasteiger partial charge in [0, 0.05) is 10.9 Å². The Labute approximate surface area is 125 Å². The van der Waals surface area contributed by atoms with Gasteiger partial charge in [-0.25, -0.2) is 0 Å². The number of benzene rings is 2. The summed E-state index contributed by atoms with van der Waals surface area (Å²) in [6.45, 7) is 2.07. The van der Waals surface area contributed by atoms with Gasteiger partial charge in [-0.05, 0) is 23.8 Å². The fourth-order valence-electron chi connectivity index (χ4n) is 2.04. The van der Waals surface area contributed by atoms with Crippen LogP contribution in [0.1, 0.15) is 11.1 Å². The summed E-state index contributed by atoms with van der Waals surface area (Å²) in [4.78, 5) is 1.58. The summed E-state index contributed by atoms with van der Waals surface area (Å²) in [6.07, 6.45) is 0. The van der Waals surface area contributed by atoms with Crippen molar-refractivity contribution < 1.29 is 0 Å². The van der Waals surface area contributed by atoms with Gasteiger partial charge in [-0.15, -0.1) is 15.0 Å². The number of aromatic nitrogens is 4. The average Bonchev–Trinajstić information content (AvgIpc) is 2.97. The number of nitrogens with zero attached hydrogens (tertiary/aromatic N) is 4. The first-order valence-electron chi connectivity index (χ1n) is 6.29. The van der Waals surface area contributed by atoms with E-state index in [1.165, 1.54) is 5.56 Å². The van der Waals surface area contributed by atoms with E-state index in [9.17, 15) is 0 Å². The van der Waals surface area contributed by atoms with Crippen molar-refractivity contribution >= 4 is 15.9 Å². The zero-order valence-corrected chi connectivity index (χ0v) is 12.6. The molecule has 100 valence electrons. The summed E-state index contributed by atoms with van der Waals surface area (Å²) in [5.74, 6) is 0.631. The van der Waals surface area contributed by atoms with Gasteiger partial charge in [-0.1, -0.05) is 64.0 Å². The third kappa shape index (κ3) is 2.49. The molecule has 0 aliphatic carbocycles. The Morgan fingerprint density at radius 1 is 1.10 bits per heavy atom. The summed E-state index contributed by atoms with van der Waals surface area (Å²) < 4.78 is 0. The number of tetrazole rings is 1. The maximum atomic E-state index is 4.46. The zero-order valence-electron chi connectivity index (χ0n) is 11.0. The molecule has 1 aromatic heterocycles. The monoisotopic (exact) mass is 328 g/mol. The van der Waals surface area contributed by atoms with Gasteiger partial charge in [-0.2, -0.15) is 0 Å². The Bertz CT molecular complexity index is 722. The van der Waals surface area contributed by atoms with Gasteiger partial charge in [-0.3, -0.25) is 0 Å². The highest BCUT2D eigenvalue weighted by Crippen LogP contribution is 2.19. The smallest absolute Gasteiger partial charge is 0.130 e. The van der Waals surface area contributed by atoms with Crippen LogP contribution < -0.4 is 0 Å². The van der Waals surface area contributed by atoms with E-state index in [-0.39, 0.29) is 0 Å². The lowest BCUT2D eigenvalue weighted by atomic mass is 10.1. The standard InChI is InChI=1S/C15H13BrN4/c1-11-7-8-14(13(9-11)10-16)20-18-15(17-19-20)12-5-3-2-4-6-12/h2-9H,10H2,1H3. The molecule has 0 saturated carbocycles. The molecule has 3 aromatic rings. The maximum Gasteiger partial charge on any atom is 0.205 e. The highest BCUT2D eigenvalue weighted by molar-refractivity contribution is 9.08. The van der Waals surface area contributed by atoms with Crippen molar-refractivity contribution in [3.63, 3.8) is 0 Å². The Balaban J connectivity index is 2.02. The van der Waals surface area contributed by atoms with E-state index in [0.717, 1.165) is 22.1 Å². The second kappa shape index (κ2) is 5.54. The van der Waals surface area contributed by atoms with E-state index in [4.69, 9.17) is 0 Å². The molecular formula is C15H13BrN4. The lowest BCUT2D eigenvalue weighted by Gasteiger charge is -2.05. The summed E-state index contributed by atoms with van der Waals surface area (Å²) in [5, 5.41) is 13.5. The van der Waals surface area contributed by atoms with Gasteiger partial charge in [0.2, 0.25) is 5.82 Å². The Morgan fingerprint density at radius 3 is 2.65 bits per heavy atom. The van der Waals surface area contributed by atoms with Gasteiger partial charge < -0.3 is 0 Å². The molecule has 20 heavy (non-hydrogen) atoms. The molecule has 0 spiro atoms. The van der Waals surface area contributed by atoms with Crippen LogP contribution >= 0.6 is 15.9 Å². The van der Waals surface area contributed by atoms with Crippen LogP contribution in [0.5, 0.6) is 0 Å². The van der Waals surface area contributed by atoms with E-state index in [0.29, 0.717) is 5.82 Å². The Kier molecular flexibility index (Phi) is 3.60. The van der Waals surface area contributed by atoms with E-state index in [1.807, 2.05) is 42.5 Å². The SMILES string of the molecule is Cc1ccc(-n2nnc(-c3ccccc3)n2)c(CBr)c1. The minimum atomic E-state index is 0.631. The third-order valence-corrected chi connectivity index (χ3v) is 3.64. The van der Waals surface area contributed by atoms with Crippen molar-refractivity contribution in [1.82, 2.24) is 20.2 Å². The quantitative estimate of drug-likeness (QED) is 0.691. The number of hydrogen-bond acceptors (Lipinski definition) is 3. The Hall–Kier alpha value is -2.01. The molecule has 0 aliphatic rings. The molecule has 4 nitrogen and oxygen atoms in total. The number of hydrogen-bond donors (Lipinski definition) is 0. The van der Waals surface area contributed by atoms with Gasteiger partial charge in [0.05, 0.1) is 5.69 Å². The molecule has 2 aromatic carbocycles. The van der Waals surface area contributed by atoms with Crippen molar-refractivity contribution in [3.05, 3.63) is 59.7 Å². The number of rotatable bonds is 3. The second-order valence-corrected chi connectivity index (χ2v) is 5.10. The molecule has 0 amide bonds.